The molecular weight excluding hydrogens is 741 g/mol. The second-order valence-electron chi connectivity index (χ2n) is 15.6. The van der Waals surface area contributed by atoms with Crippen LogP contribution in [0.5, 0.6) is 0 Å². The van der Waals surface area contributed by atoms with Crippen LogP contribution in [-0.2, 0) is 0 Å². The first-order valence-electron chi connectivity index (χ1n) is 20.9. The summed E-state index contributed by atoms with van der Waals surface area (Å²) in [5, 5.41) is 6.97. The molecule has 0 aliphatic heterocycles. The van der Waals surface area contributed by atoms with Gasteiger partial charge < -0.3 is 13.9 Å². The second kappa shape index (κ2) is 14.3. The van der Waals surface area contributed by atoms with E-state index in [0.717, 1.165) is 77.7 Å². The molecule has 3 nitrogen and oxygen atoms in total. The largest absolute Gasteiger partial charge is 0.456 e. The molecule has 0 aliphatic rings. The lowest BCUT2D eigenvalue weighted by molar-refractivity contribution is 0.669. The quantitative estimate of drug-likeness (QED) is 0.161. The maximum Gasteiger partial charge on any atom is 0.136 e. The van der Waals surface area contributed by atoms with Gasteiger partial charge in [-0.3, -0.25) is 0 Å². The van der Waals surface area contributed by atoms with E-state index in [2.05, 4.69) is 234 Å². The van der Waals surface area contributed by atoms with Crippen LogP contribution in [0.4, 0.5) is 17.1 Å². The Morgan fingerprint density at radius 2 is 0.934 bits per heavy atom. The van der Waals surface area contributed by atoms with Crippen molar-refractivity contribution in [2.75, 3.05) is 4.90 Å². The summed E-state index contributed by atoms with van der Waals surface area (Å²) in [4.78, 5) is 2.47. The average molecular weight is 779 g/mol. The zero-order valence-electron chi connectivity index (χ0n) is 33.2. The summed E-state index contributed by atoms with van der Waals surface area (Å²) in [6, 6.07) is 83.0. The maximum absolute atomic E-state index is 6.50. The molecule has 0 N–H and O–H groups in total. The number of rotatable bonds is 7. The fraction of sp³-hybridized carbons (Fsp3) is 0. The van der Waals surface area contributed by atoms with Gasteiger partial charge in [0.05, 0.1) is 22.4 Å². The molecule has 2 aromatic heterocycles. The van der Waals surface area contributed by atoms with Gasteiger partial charge in [0.2, 0.25) is 0 Å². The number of furan rings is 1. The Morgan fingerprint density at radius 3 is 1.74 bits per heavy atom. The van der Waals surface area contributed by atoms with Crippen molar-refractivity contribution in [1.82, 2.24) is 4.57 Å². The molecule has 0 fully saturated rings. The van der Waals surface area contributed by atoms with Crippen molar-refractivity contribution in [2.45, 2.75) is 0 Å². The molecule has 0 amide bonds. The Hall–Kier alpha value is -8.14. The zero-order chi connectivity index (χ0) is 40.3. The number of anilines is 3. The first-order chi connectivity index (χ1) is 30.3. The highest BCUT2D eigenvalue weighted by Crippen LogP contribution is 2.51. The summed E-state index contributed by atoms with van der Waals surface area (Å²) in [6.45, 7) is 0. The summed E-state index contributed by atoms with van der Waals surface area (Å²) < 4.78 is 8.91. The van der Waals surface area contributed by atoms with Crippen LogP contribution < -0.4 is 4.90 Å². The molecule has 2 heterocycles. The van der Waals surface area contributed by atoms with Crippen molar-refractivity contribution in [3.63, 3.8) is 0 Å². The van der Waals surface area contributed by atoms with Crippen LogP contribution in [0, 0.1) is 0 Å². The third kappa shape index (κ3) is 5.66. The summed E-state index contributed by atoms with van der Waals surface area (Å²) in [5.41, 5.74) is 15.5. The molecular formula is C58H38N2O. The molecule has 12 aromatic rings. The predicted octanol–water partition coefficient (Wildman–Crippen LogP) is 16.3. The van der Waals surface area contributed by atoms with Gasteiger partial charge in [-0.15, -0.1) is 0 Å². The van der Waals surface area contributed by atoms with Crippen LogP contribution in [0.1, 0.15) is 0 Å². The van der Waals surface area contributed by atoms with E-state index in [9.17, 15) is 0 Å². The lowest BCUT2D eigenvalue weighted by atomic mass is 9.90. The Bertz CT molecular complexity index is 3570. The number of aromatic nitrogens is 1. The van der Waals surface area contributed by atoms with Crippen LogP contribution >= 0.6 is 0 Å². The third-order valence-corrected chi connectivity index (χ3v) is 12.2. The minimum atomic E-state index is 0.883. The minimum Gasteiger partial charge on any atom is -0.456 e. The van der Waals surface area contributed by atoms with Gasteiger partial charge in [-0.1, -0.05) is 164 Å². The van der Waals surface area contributed by atoms with E-state index in [-0.39, 0.29) is 0 Å². The molecule has 3 heteroatoms. The van der Waals surface area contributed by atoms with Crippen molar-refractivity contribution >= 4 is 71.6 Å². The van der Waals surface area contributed by atoms with E-state index < -0.39 is 0 Å². The molecule has 0 radical (unpaired) electrons. The minimum absolute atomic E-state index is 0.883. The van der Waals surface area contributed by atoms with Gasteiger partial charge >= 0.3 is 0 Å². The highest BCUT2D eigenvalue weighted by Gasteiger charge is 2.26. The Labute approximate surface area is 353 Å². The lowest BCUT2D eigenvalue weighted by Gasteiger charge is -2.31. The molecule has 286 valence electrons. The van der Waals surface area contributed by atoms with Crippen molar-refractivity contribution in [1.29, 1.82) is 0 Å². The van der Waals surface area contributed by atoms with Gasteiger partial charge in [0.25, 0.3) is 0 Å². The highest BCUT2D eigenvalue weighted by atomic mass is 16.3. The van der Waals surface area contributed by atoms with Crippen LogP contribution in [0.15, 0.2) is 235 Å². The van der Waals surface area contributed by atoms with Crippen LogP contribution in [0.3, 0.4) is 0 Å². The van der Waals surface area contributed by atoms with Gasteiger partial charge in [-0.05, 0) is 99.8 Å². The summed E-state index contributed by atoms with van der Waals surface area (Å²) >= 11 is 0. The predicted molar refractivity (Wildman–Crippen MR) is 257 cm³/mol. The molecule has 0 bridgehead atoms. The maximum atomic E-state index is 6.50. The van der Waals surface area contributed by atoms with Crippen molar-refractivity contribution in [2.24, 2.45) is 0 Å². The highest BCUT2D eigenvalue weighted by molar-refractivity contribution is 6.25. The molecule has 0 saturated carbocycles. The molecule has 12 rings (SSSR count). The number of fused-ring (bicyclic) bond motifs is 8. The summed E-state index contributed by atoms with van der Waals surface area (Å²) in [5.74, 6) is 0. The molecule has 0 unspecified atom stereocenters. The van der Waals surface area contributed by atoms with Crippen LogP contribution in [-0.4, -0.2) is 4.57 Å². The van der Waals surface area contributed by atoms with Gasteiger partial charge in [0.1, 0.15) is 11.2 Å². The van der Waals surface area contributed by atoms with Crippen molar-refractivity contribution < 1.29 is 4.42 Å². The first kappa shape index (κ1) is 34.9. The first-order valence-corrected chi connectivity index (χ1v) is 20.9. The van der Waals surface area contributed by atoms with Gasteiger partial charge in [-0.2, -0.15) is 0 Å². The zero-order valence-corrected chi connectivity index (χ0v) is 33.2. The fourth-order valence-electron chi connectivity index (χ4n) is 9.54. The lowest BCUT2D eigenvalue weighted by Crippen LogP contribution is -2.13. The summed E-state index contributed by atoms with van der Waals surface area (Å²) in [7, 11) is 0. The second-order valence-corrected chi connectivity index (χ2v) is 15.6. The van der Waals surface area contributed by atoms with E-state index in [0.29, 0.717) is 0 Å². The molecule has 0 aliphatic carbocycles. The van der Waals surface area contributed by atoms with Crippen LogP contribution in [0.25, 0.3) is 93.6 Å². The van der Waals surface area contributed by atoms with E-state index in [1.807, 2.05) is 6.07 Å². The molecule has 0 saturated heterocycles. The average Bonchev–Trinajstić information content (AvgIpc) is 3.89. The molecule has 10 aromatic carbocycles. The number of para-hydroxylation sites is 4. The number of hydrogen-bond acceptors (Lipinski definition) is 2. The Morgan fingerprint density at radius 1 is 0.328 bits per heavy atom. The topological polar surface area (TPSA) is 21.3 Å². The normalized spacial score (nSPS) is 11.6. The van der Waals surface area contributed by atoms with E-state index >= 15 is 0 Å². The van der Waals surface area contributed by atoms with Crippen molar-refractivity contribution in [3.8, 4) is 39.1 Å². The Balaban J connectivity index is 1.22. The fourth-order valence-corrected chi connectivity index (χ4v) is 9.54. The van der Waals surface area contributed by atoms with Crippen molar-refractivity contribution in [3.05, 3.63) is 231 Å². The molecule has 0 spiro atoms. The van der Waals surface area contributed by atoms with E-state index in [1.165, 1.54) is 33.0 Å². The smallest absolute Gasteiger partial charge is 0.136 e. The standard InChI is InChI=1S/C58H38N2O/c1-4-17-39(18-5-1)40-31-33-43(34-32-40)60(50-27-13-10-23-44(50)41-19-6-2-7-20-41)53-37-35-46-45(36-38-55-58(46)48-25-12-15-30-54(48)61-55)56(53)49-26-16-29-52-57(49)47-24-11-14-28-51(47)59(52)42-21-8-3-9-22-42/h1-38H. The number of hydrogen-bond donors (Lipinski definition) is 0. The van der Waals surface area contributed by atoms with Gasteiger partial charge in [0, 0.05) is 44.0 Å². The van der Waals surface area contributed by atoms with Gasteiger partial charge in [0.15, 0.2) is 0 Å². The van der Waals surface area contributed by atoms with E-state index in [1.54, 1.807) is 0 Å². The number of benzene rings is 10. The van der Waals surface area contributed by atoms with E-state index in [4.69, 9.17) is 4.42 Å². The Kier molecular flexibility index (Phi) is 8.17. The van der Waals surface area contributed by atoms with Crippen LogP contribution in [0.2, 0.25) is 0 Å². The number of nitrogens with zero attached hydrogens (tertiary/aromatic N) is 2. The third-order valence-electron chi connectivity index (χ3n) is 12.2. The molecule has 0 atom stereocenters. The summed E-state index contributed by atoms with van der Waals surface area (Å²) in [6.07, 6.45) is 0. The SMILES string of the molecule is c1ccc(-c2ccc(N(c3ccccc3-c3ccccc3)c3ccc4c(ccc5oc6ccccc6c54)c3-c3cccc4c3c3ccccc3n4-c3ccccc3)cc2)cc1. The molecule has 61 heavy (non-hydrogen) atoms. The monoisotopic (exact) mass is 778 g/mol. The van der Waals surface area contributed by atoms with Gasteiger partial charge in [-0.25, -0.2) is 0 Å².